The van der Waals surface area contributed by atoms with Gasteiger partial charge in [-0.25, -0.2) is 4.79 Å². The molecule has 9 heteroatoms. The van der Waals surface area contributed by atoms with E-state index in [1.54, 1.807) is 30.3 Å². The van der Waals surface area contributed by atoms with Crippen molar-refractivity contribution in [2.24, 2.45) is 0 Å². The van der Waals surface area contributed by atoms with E-state index in [1.165, 1.54) is 17.0 Å². The van der Waals surface area contributed by atoms with Gasteiger partial charge in [-0.2, -0.15) is 13.2 Å². The highest BCUT2D eigenvalue weighted by atomic mass is 32.2. The number of hydrogen-bond acceptors (Lipinski definition) is 4. The molecule has 1 saturated heterocycles. The van der Waals surface area contributed by atoms with Gasteiger partial charge in [0.1, 0.15) is 10.4 Å². The van der Waals surface area contributed by atoms with Crippen molar-refractivity contribution in [1.29, 1.82) is 0 Å². The quantitative estimate of drug-likeness (QED) is 0.378. The second-order valence-corrected chi connectivity index (χ2v) is 8.92. The maximum absolute atomic E-state index is 12.8. The number of carboxylic acid groups (broad SMARTS) is 1. The maximum Gasteiger partial charge on any atom is 0.416 e. The number of benzene rings is 2. The van der Waals surface area contributed by atoms with E-state index in [1.807, 2.05) is 6.92 Å². The van der Waals surface area contributed by atoms with Crippen molar-refractivity contribution < 1.29 is 27.9 Å². The summed E-state index contributed by atoms with van der Waals surface area (Å²) in [4.78, 5) is 26.0. The van der Waals surface area contributed by atoms with Gasteiger partial charge in [-0.1, -0.05) is 80.1 Å². The lowest BCUT2D eigenvalue weighted by atomic mass is 10.0. The molecule has 2 aromatic carbocycles. The first-order valence-corrected chi connectivity index (χ1v) is 11.1. The van der Waals surface area contributed by atoms with Crippen LogP contribution < -0.4 is 0 Å². The number of hydrogen-bond donors (Lipinski definition) is 1. The standard InChI is InChI=1S/C23H20F3NO3S2/c1-2-3-4-18(21(29)30)27-20(28)19(32-22(27)31)13-14-5-7-15(8-6-14)16-9-11-17(12-10-16)23(24,25)26/h5-13,18H,2-4H2,1H3,(H,29,30). The topological polar surface area (TPSA) is 57.6 Å². The summed E-state index contributed by atoms with van der Waals surface area (Å²) < 4.78 is 38.4. The van der Waals surface area contributed by atoms with Crippen LogP contribution in [0.25, 0.3) is 17.2 Å². The van der Waals surface area contributed by atoms with Crippen LogP contribution in [0.15, 0.2) is 53.4 Å². The van der Waals surface area contributed by atoms with E-state index in [2.05, 4.69) is 0 Å². The van der Waals surface area contributed by atoms with Gasteiger partial charge in [-0.15, -0.1) is 0 Å². The van der Waals surface area contributed by atoms with Gasteiger partial charge in [-0.05, 0) is 41.3 Å². The molecule has 32 heavy (non-hydrogen) atoms. The van der Waals surface area contributed by atoms with Crippen molar-refractivity contribution in [3.05, 3.63) is 64.6 Å². The average molecular weight is 480 g/mol. The van der Waals surface area contributed by atoms with E-state index in [-0.39, 0.29) is 4.32 Å². The number of thiocarbonyl (C=S) groups is 1. The number of halogens is 3. The fourth-order valence-corrected chi connectivity index (χ4v) is 4.64. The normalized spacial score (nSPS) is 16.6. The number of rotatable bonds is 7. The Labute approximate surface area is 193 Å². The predicted molar refractivity (Wildman–Crippen MR) is 123 cm³/mol. The van der Waals surface area contributed by atoms with E-state index < -0.39 is 29.7 Å². The molecule has 0 aromatic heterocycles. The minimum Gasteiger partial charge on any atom is -0.480 e. The predicted octanol–water partition coefficient (Wildman–Crippen LogP) is 6.22. The number of carbonyl (C=O) groups is 2. The Morgan fingerprint density at radius 1 is 1.12 bits per heavy atom. The minimum atomic E-state index is -4.38. The molecule has 4 nitrogen and oxygen atoms in total. The molecular formula is C23H20F3NO3S2. The van der Waals surface area contributed by atoms with E-state index in [4.69, 9.17) is 12.2 Å². The molecule has 0 saturated carbocycles. The fourth-order valence-electron chi connectivity index (χ4n) is 3.28. The summed E-state index contributed by atoms with van der Waals surface area (Å²) in [6.07, 6.45) is -0.954. The highest BCUT2D eigenvalue weighted by Gasteiger charge is 2.40. The molecular weight excluding hydrogens is 459 g/mol. The van der Waals surface area contributed by atoms with E-state index in [0.717, 1.165) is 35.9 Å². The van der Waals surface area contributed by atoms with Crippen LogP contribution in [0, 0.1) is 0 Å². The first kappa shape index (κ1) is 24.0. The molecule has 1 amide bonds. The third-order valence-corrected chi connectivity index (χ3v) is 6.34. The molecule has 1 unspecified atom stereocenters. The number of carboxylic acids is 1. The lowest BCUT2D eigenvalue weighted by molar-refractivity contribution is -0.145. The van der Waals surface area contributed by atoms with Crippen molar-refractivity contribution >= 4 is 46.3 Å². The second kappa shape index (κ2) is 9.87. The molecule has 168 valence electrons. The summed E-state index contributed by atoms with van der Waals surface area (Å²) in [5, 5.41) is 9.53. The number of aliphatic carboxylic acids is 1. The third kappa shape index (κ3) is 5.39. The Morgan fingerprint density at radius 3 is 2.19 bits per heavy atom. The van der Waals surface area contributed by atoms with Crippen molar-refractivity contribution in [1.82, 2.24) is 4.90 Å². The van der Waals surface area contributed by atoms with Crippen LogP contribution >= 0.6 is 24.0 Å². The molecule has 1 heterocycles. The summed E-state index contributed by atoms with van der Waals surface area (Å²) in [7, 11) is 0. The Bertz CT molecular complexity index is 1050. The number of amides is 1. The zero-order chi connectivity index (χ0) is 23.5. The van der Waals surface area contributed by atoms with Crippen LogP contribution in [0.5, 0.6) is 0 Å². The number of carbonyl (C=O) groups excluding carboxylic acids is 1. The lowest BCUT2D eigenvalue weighted by Gasteiger charge is -2.22. The van der Waals surface area contributed by atoms with Gasteiger partial charge in [0.2, 0.25) is 0 Å². The van der Waals surface area contributed by atoms with Crippen LogP contribution in [-0.2, 0) is 15.8 Å². The largest absolute Gasteiger partial charge is 0.480 e. The Balaban J connectivity index is 1.78. The molecule has 0 spiro atoms. The molecule has 0 bridgehead atoms. The van der Waals surface area contributed by atoms with Crippen molar-refractivity contribution in [3.8, 4) is 11.1 Å². The SMILES string of the molecule is CCCCC(C(=O)O)N1C(=O)C(=Cc2ccc(-c3ccc(C(F)(F)F)cc3)cc2)SC1=S. The maximum atomic E-state index is 12.8. The lowest BCUT2D eigenvalue weighted by Crippen LogP contribution is -2.43. The van der Waals surface area contributed by atoms with Crippen LogP contribution in [-0.4, -0.2) is 32.2 Å². The van der Waals surface area contributed by atoms with Gasteiger partial charge >= 0.3 is 12.1 Å². The fraction of sp³-hybridized carbons (Fsp3) is 0.261. The van der Waals surface area contributed by atoms with Gasteiger partial charge in [0.05, 0.1) is 10.5 Å². The Kier molecular flexibility index (Phi) is 7.40. The van der Waals surface area contributed by atoms with E-state index >= 15 is 0 Å². The van der Waals surface area contributed by atoms with Gasteiger partial charge in [-0.3, -0.25) is 9.69 Å². The van der Waals surface area contributed by atoms with Gasteiger partial charge < -0.3 is 5.11 Å². The van der Waals surface area contributed by atoms with E-state index in [0.29, 0.717) is 28.9 Å². The molecule has 3 rings (SSSR count). The number of alkyl halides is 3. The van der Waals surface area contributed by atoms with Crippen molar-refractivity contribution in [2.75, 3.05) is 0 Å². The summed E-state index contributed by atoms with van der Waals surface area (Å²) in [5.41, 5.74) is 1.35. The molecule has 1 aliphatic heterocycles. The first-order valence-electron chi connectivity index (χ1n) is 9.89. The molecule has 0 aliphatic carbocycles. The van der Waals surface area contributed by atoms with Crippen LogP contribution in [0.3, 0.4) is 0 Å². The highest BCUT2D eigenvalue weighted by molar-refractivity contribution is 8.26. The van der Waals surface area contributed by atoms with Gasteiger partial charge in [0, 0.05) is 0 Å². The monoisotopic (exact) mass is 479 g/mol. The van der Waals surface area contributed by atoms with Crippen molar-refractivity contribution in [3.63, 3.8) is 0 Å². The molecule has 2 aromatic rings. The molecule has 1 aliphatic rings. The number of unbranched alkanes of at least 4 members (excludes halogenated alkanes) is 1. The molecule has 0 radical (unpaired) electrons. The van der Waals surface area contributed by atoms with E-state index in [9.17, 15) is 27.9 Å². The smallest absolute Gasteiger partial charge is 0.416 e. The van der Waals surface area contributed by atoms with Gasteiger partial charge in [0.15, 0.2) is 0 Å². The molecule has 1 atom stereocenters. The first-order chi connectivity index (χ1) is 15.1. The highest BCUT2D eigenvalue weighted by Crippen LogP contribution is 2.35. The van der Waals surface area contributed by atoms with Gasteiger partial charge in [0.25, 0.3) is 5.91 Å². The van der Waals surface area contributed by atoms with Crippen LogP contribution in [0.1, 0.15) is 37.3 Å². The molecule has 1 fully saturated rings. The number of nitrogens with zero attached hydrogens (tertiary/aromatic N) is 1. The average Bonchev–Trinajstić information content (AvgIpc) is 3.01. The van der Waals surface area contributed by atoms with Crippen LogP contribution in [0.2, 0.25) is 0 Å². The molecule has 1 N–H and O–H groups in total. The summed E-state index contributed by atoms with van der Waals surface area (Å²) in [5.74, 6) is -1.52. The number of thioether (sulfide) groups is 1. The van der Waals surface area contributed by atoms with Crippen molar-refractivity contribution in [2.45, 2.75) is 38.4 Å². The second-order valence-electron chi connectivity index (χ2n) is 7.25. The zero-order valence-corrected chi connectivity index (χ0v) is 18.7. The Morgan fingerprint density at radius 2 is 1.69 bits per heavy atom. The summed E-state index contributed by atoms with van der Waals surface area (Å²) in [6, 6.07) is 10.9. The summed E-state index contributed by atoms with van der Waals surface area (Å²) in [6.45, 7) is 1.94. The zero-order valence-electron chi connectivity index (χ0n) is 17.1. The Hall–Kier alpha value is -2.65. The summed E-state index contributed by atoms with van der Waals surface area (Å²) >= 11 is 6.32. The van der Waals surface area contributed by atoms with Crippen LogP contribution in [0.4, 0.5) is 13.2 Å². The minimum absolute atomic E-state index is 0.214. The third-order valence-electron chi connectivity index (χ3n) is 5.01.